The summed E-state index contributed by atoms with van der Waals surface area (Å²) in [6.07, 6.45) is 54.2. The smallest absolute Gasteiger partial charge is 0.306 e. The molecule has 0 amide bonds. The summed E-state index contributed by atoms with van der Waals surface area (Å²) in [6.45, 7) is 4.52. The zero-order valence-corrected chi connectivity index (χ0v) is 37.9. The molecule has 2 atom stereocenters. The lowest BCUT2D eigenvalue weighted by atomic mass is 10.0. The normalized spacial score (nSPS) is 14.5. The highest BCUT2D eigenvalue weighted by atomic mass is 31.2. The first-order valence-electron chi connectivity index (χ1n) is 22.4. The van der Waals surface area contributed by atoms with Gasteiger partial charge in [-0.3, -0.25) is 9.36 Å². The second-order valence-electron chi connectivity index (χ2n) is 15.7. The Labute approximate surface area is 350 Å². The van der Waals surface area contributed by atoms with E-state index in [2.05, 4.69) is 74.6 Å². The number of carbonyl (C=O) groups excluding carboxylic acids is 1. The quantitative estimate of drug-likeness (QED) is 0.0152. The van der Waals surface area contributed by atoms with E-state index in [0.717, 1.165) is 51.4 Å². The SMILES string of the molecule is CCC=CCC=CCC=CCC=CCC=CCC=CCCC(=O)OC(COC=CCCCCCCCCCCCCCCCC)COP(=O)([O-])OCC[N+](C)(C)C. The number of carbonyl (C=O) groups is 1. The Hall–Kier alpha value is -2.48. The number of phosphoric ester groups is 1. The van der Waals surface area contributed by atoms with Crippen LogP contribution in [0.1, 0.15) is 162 Å². The topological polar surface area (TPSA) is 94.1 Å². The van der Waals surface area contributed by atoms with Crippen LogP contribution in [0.15, 0.2) is 85.3 Å². The van der Waals surface area contributed by atoms with Crippen molar-refractivity contribution in [2.75, 3.05) is 47.5 Å². The van der Waals surface area contributed by atoms with Crippen molar-refractivity contribution in [3.05, 3.63) is 85.3 Å². The first-order valence-corrected chi connectivity index (χ1v) is 23.8. The zero-order chi connectivity index (χ0) is 42.0. The lowest BCUT2D eigenvalue weighted by molar-refractivity contribution is -0.870. The molecule has 2 unspecified atom stereocenters. The van der Waals surface area contributed by atoms with E-state index < -0.39 is 19.9 Å². The van der Waals surface area contributed by atoms with Crippen molar-refractivity contribution in [2.24, 2.45) is 0 Å². The number of unbranched alkanes of at least 4 members (excludes halogenated alkanes) is 14. The van der Waals surface area contributed by atoms with Crippen molar-refractivity contribution >= 4 is 13.8 Å². The van der Waals surface area contributed by atoms with E-state index in [1.54, 1.807) is 6.26 Å². The highest BCUT2D eigenvalue weighted by Gasteiger charge is 2.20. The van der Waals surface area contributed by atoms with Crippen LogP contribution >= 0.6 is 7.82 Å². The average molecular weight is 818 g/mol. The van der Waals surface area contributed by atoms with Crippen molar-refractivity contribution in [1.29, 1.82) is 0 Å². The van der Waals surface area contributed by atoms with Crippen molar-refractivity contribution in [3.63, 3.8) is 0 Å². The van der Waals surface area contributed by atoms with Crippen molar-refractivity contribution in [3.8, 4) is 0 Å². The molecular weight excluding hydrogens is 734 g/mol. The molecule has 0 rings (SSSR count). The van der Waals surface area contributed by atoms with Gasteiger partial charge in [0.25, 0.3) is 7.82 Å². The maximum absolute atomic E-state index is 12.6. The van der Waals surface area contributed by atoms with Crippen LogP contribution in [0.25, 0.3) is 0 Å². The van der Waals surface area contributed by atoms with Crippen LogP contribution < -0.4 is 4.89 Å². The van der Waals surface area contributed by atoms with Crippen LogP contribution in [-0.4, -0.2) is 64.1 Å². The van der Waals surface area contributed by atoms with Gasteiger partial charge in [0.1, 0.15) is 19.8 Å². The number of hydrogen-bond acceptors (Lipinski definition) is 7. The Bertz CT molecular complexity index is 1180. The molecule has 0 spiro atoms. The van der Waals surface area contributed by atoms with Crippen LogP contribution in [0.4, 0.5) is 0 Å². The summed E-state index contributed by atoms with van der Waals surface area (Å²) in [5.41, 5.74) is 0. The van der Waals surface area contributed by atoms with Gasteiger partial charge in [0.2, 0.25) is 0 Å². The molecule has 0 radical (unpaired) electrons. The number of quaternary nitrogens is 1. The van der Waals surface area contributed by atoms with Crippen LogP contribution in [0, 0.1) is 0 Å². The monoisotopic (exact) mass is 818 g/mol. The van der Waals surface area contributed by atoms with E-state index in [1.165, 1.54) is 83.5 Å². The van der Waals surface area contributed by atoms with E-state index in [9.17, 15) is 14.3 Å². The van der Waals surface area contributed by atoms with Gasteiger partial charge in [-0.15, -0.1) is 0 Å². The molecule has 0 saturated heterocycles. The number of phosphoric acid groups is 1. The highest BCUT2D eigenvalue weighted by molar-refractivity contribution is 7.45. The van der Waals surface area contributed by atoms with Gasteiger partial charge in [-0.1, -0.05) is 170 Å². The van der Waals surface area contributed by atoms with Gasteiger partial charge in [-0.25, -0.2) is 0 Å². The van der Waals surface area contributed by atoms with Crippen molar-refractivity contribution in [1.82, 2.24) is 0 Å². The van der Waals surface area contributed by atoms with Crippen molar-refractivity contribution < 1.29 is 37.3 Å². The molecule has 0 N–H and O–H groups in total. The third kappa shape index (κ3) is 44.5. The Morgan fingerprint density at radius 3 is 1.51 bits per heavy atom. The molecule has 0 heterocycles. The minimum Gasteiger partial charge on any atom is -0.756 e. The van der Waals surface area contributed by atoms with E-state index in [4.69, 9.17) is 18.5 Å². The van der Waals surface area contributed by atoms with Crippen LogP contribution in [0.3, 0.4) is 0 Å². The summed E-state index contributed by atoms with van der Waals surface area (Å²) in [4.78, 5) is 25.0. The summed E-state index contributed by atoms with van der Waals surface area (Å²) in [7, 11) is 1.27. The van der Waals surface area contributed by atoms with Gasteiger partial charge in [-0.05, 0) is 63.9 Å². The summed E-state index contributed by atoms with van der Waals surface area (Å²) >= 11 is 0. The predicted octanol–water partition coefficient (Wildman–Crippen LogP) is 13.0. The zero-order valence-electron chi connectivity index (χ0n) is 37.0. The Morgan fingerprint density at radius 2 is 1.04 bits per heavy atom. The van der Waals surface area contributed by atoms with E-state index in [1.807, 2.05) is 39.4 Å². The summed E-state index contributed by atoms with van der Waals surface area (Å²) in [6, 6.07) is 0. The highest BCUT2D eigenvalue weighted by Crippen LogP contribution is 2.38. The van der Waals surface area contributed by atoms with Crippen LogP contribution in [0.5, 0.6) is 0 Å². The lowest BCUT2D eigenvalue weighted by Crippen LogP contribution is -2.37. The molecule has 0 aromatic heterocycles. The van der Waals surface area contributed by atoms with Gasteiger partial charge in [-0.2, -0.15) is 0 Å². The first-order chi connectivity index (χ1) is 27.6. The Morgan fingerprint density at radius 1 is 0.579 bits per heavy atom. The number of esters is 1. The maximum atomic E-state index is 12.6. The van der Waals surface area contributed by atoms with Crippen molar-refractivity contribution in [2.45, 2.75) is 168 Å². The molecule has 0 aromatic rings. The molecule has 0 aliphatic rings. The number of hydrogen-bond donors (Lipinski definition) is 0. The summed E-state index contributed by atoms with van der Waals surface area (Å²) < 4.78 is 34.2. The van der Waals surface area contributed by atoms with Gasteiger partial charge < -0.3 is 27.9 Å². The van der Waals surface area contributed by atoms with Gasteiger partial charge in [0, 0.05) is 6.42 Å². The maximum Gasteiger partial charge on any atom is 0.306 e. The third-order valence-corrected chi connectivity index (χ3v) is 10.0. The molecule has 0 aliphatic carbocycles. The molecule has 0 aliphatic heterocycles. The molecule has 9 heteroatoms. The molecule has 328 valence electrons. The fourth-order valence-corrected chi connectivity index (χ4v) is 6.32. The standard InChI is InChI=1S/C48H84NO7P/c1-6-8-10-12-14-16-18-20-22-24-25-26-27-29-31-33-35-37-39-41-48(50)56-47(46-55-57(51,52)54-44-42-49(3,4)5)45-53-43-40-38-36-34-32-30-28-23-21-19-17-15-13-11-9-7-2/h8,10,14,16,20,22,25-26,29,31,35,37,40,43,47H,6-7,9,11-13,15,17-19,21,23-24,27-28,30,32-34,36,38-39,41-42,44-46H2,1-5H3. The first kappa shape index (κ1) is 54.5. The van der Waals surface area contributed by atoms with E-state index in [0.29, 0.717) is 17.4 Å². The molecule has 0 aromatic carbocycles. The molecule has 0 fully saturated rings. The second-order valence-corrected chi connectivity index (χ2v) is 17.2. The number of ether oxygens (including phenoxy) is 2. The average Bonchev–Trinajstić information content (AvgIpc) is 3.16. The molecular formula is C48H84NO7P. The number of likely N-dealkylation sites (N-methyl/N-ethyl adjacent to an activating group) is 1. The summed E-state index contributed by atoms with van der Waals surface area (Å²) in [5, 5.41) is 0. The molecule has 0 bridgehead atoms. The third-order valence-electron chi connectivity index (χ3n) is 9.04. The number of nitrogens with zero attached hydrogens (tertiary/aromatic N) is 1. The molecule has 0 saturated carbocycles. The van der Waals surface area contributed by atoms with Gasteiger partial charge in [0.05, 0.1) is 34.0 Å². The molecule has 8 nitrogen and oxygen atoms in total. The fraction of sp³-hybridized carbons (Fsp3) is 0.688. The molecule has 57 heavy (non-hydrogen) atoms. The van der Waals surface area contributed by atoms with Crippen LogP contribution in [-0.2, 0) is 27.9 Å². The van der Waals surface area contributed by atoms with Gasteiger partial charge >= 0.3 is 5.97 Å². The largest absolute Gasteiger partial charge is 0.756 e. The lowest BCUT2D eigenvalue weighted by Gasteiger charge is -2.28. The fourth-order valence-electron chi connectivity index (χ4n) is 5.60. The minimum absolute atomic E-state index is 0.000812. The predicted molar refractivity (Wildman–Crippen MR) is 240 cm³/mol. The Kier molecular flexibility index (Phi) is 38.6. The number of allylic oxidation sites excluding steroid dienone is 13. The van der Waals surface area contributed by atoms with E-state index >= 15 is 0 Å². The Balaban J connectivity index is 4.43. The summed E-state index contributed by atoms with van der Waals surface area (Å²) in [5.74, 6) is -0.440. The van der Waals surface area contributed by atoms with Gasteiger partial charge in [0.15, 0.2) is 6.10 Å². The number of rotatable bonds is 40. The minimum atomic E-state index is -4.57. The van der Waals surface area contributed by atoms with Crippen LogP contribution in [0.2, 0.25) is 0 Å². The van der Waals surface area contributed by atoms with E-state index in [-0.39, 0.29) is 26.2 Å². The second kappa shape index (κ2) is 40.3.